The van der Waals surface area contributed by atoms with E-state index in [-0.39, 0.29) is 57.5 Å². The average Bonchev–Trinajstić information content (AvgIpc) is 0.687. The summed E-state index contributed by atoms with van der Waals surface area (Å²) in [5.74, 6) is -0.160. The predicted octanol–water partition coefficient (Wildman–Crippen LogP) is 16.6. The van der Waals surface area contributed by atoms with E-state index < -0.39 is 57.9 Å². The van der Waals surface area contributed by atoms with Crippen LogP contribution in [-0.4, -0.2) is 93.2 Å². The summed E-state index contributed by atoms with van der Waals surface area (Å²) >= 11 is 0. The van der Waals surface area contributed by atoms with E-state index in [0.29, 0.717) is 69.8 Å². The topological polar surface area (TPSA) is 277 Å². The molecule has 0 aliphatic heterocycles. The maximum Gasteiger partial charge on any atom is 0.258 e. The minimum absolute atomic E-state index is 0. The number of aliphatic hydroxyl groups is 2. The summed E-state index contributed by atoms with van der Waals surface area (Å²) in [4.78, 5) is 79.3. The van der Waals surface area contributed by atoms with Gasteiger partial charge in [0.1, 0.15) is 31.9 Å². The van der Waals surface area contributed by atoms with Crippen LogP contribution in [0.2, 0.25) is 44.9 Å². The van der Waals surface area contributed by atoms with Crippen LogP contribution in [0.15, 0.2) is 239 Å². The van der Waals surface area contributed by atoms with Crippen LogP contribution in [0.1, 0.15) is 130 Å². The van der Waals surface area contributed by atoms with E-state index >= 15 is 0 Å². The maximum absolute atomic E-state index is 12.3. The molecule has 6 N–H and O–H groups in total. The molecule has 0 bridgehead atoms. The van der Waals surface area contributed by atoms with Crippen molar-refractivity contribution in [3.63, 3.8) is 0 Å². The van der Waals surface area contributed by atoms with Crippen molar-refractivity contribution in [3.8, 4) is 0 Å². The van der Waals surface area contributed by atoms with Crippen molar-refractivity contribution in [1.29, 1.82) is 0 Å². The molecular weight excluding hydrogens is 1340 g/mol. The molecule has 4 heterocycles. The molecule has 1 radical (unpaired) electrons. The van der Waals surface area contributed by atoms with E-state index in [0.717, 1.165) is 45.4 Å². The van der Waals surface area contributed by atoms with E-state index in [2.05, 4.69) is 59.2 Å². The van der Waals surface area contributed by atoms with Crippen LogP contribution in [0.25, 0.3) is 43.6 Å². The smallest absolute Gasteiger partial charge is 0.258 e. The van der Waals surface area contributed by atoms with Gasteiger partial charge in [0, 0.05) is 36.8 Å². The van der Waals surface area contributed by atoms with Crippen molar-refractivity contribution in [2.45, 2.75) is 120 Å². The molecule has 22 heteroatoms. The van der Waals surface area contributed by atoms with Gasteiger partial charge in [-0.05, 0) is 127 Å². The second kappa shape index (κ2) is 47.0. The Hall–Kier alpha value is -9.23. The van der Waals surface area contributed by atoms with E-state index in [1.807, 2.05) is 159 Å². The molecule has 3 unspecified atom stereocenters. The van der Waals surface area contributed by atoms with Crippen LogP contribution < -0.4 is 22.2 Å². The third kappa shape index (κ3) is 28.0. The Morgan fingerprint density at radius 2 is 0.743 bits per heavy atom. The molecule has 3 atom stereocenters. The fraction of sp³-hybridized carbons (Fsp3) is 0.266. The number of H-pyrrole nitrogens is 4. The van der Waals surface area contributed by atoms with Crippen LogP contribution in [0.5, 0.6) is 0 Å². The van der Waals surface area contributed by atoms with Crippen LogP contribution in [0.4, 0.5) is 0 Å². The molecule has 101 heavy (non-hydrogen) atoms. The molecule has 537 valence electrons. The zero-order chi connectivity index (χ0) is 75.7. The average molecular weight is 1450 g/mol. The maximum atomic E-state index is 12.3. The number of nitrogens with one attached hydrogen (secondary N) is 4. The zero-order valence-electron chi connectivity index (χ0n) is 64.0. The second-order valence-corrected chi connectivity index (χ2v) is 31.2. The minimum atomic E-state index is -1.70. The van der Waals surface area contributed by atoms with Crippen LogP contribution in [-0.2, 0) is 36.9 Å². The minimum Gasteiger partial charge on any atom is -0.421 e. The largest absolute Gasteiger partial charge is 0.421 e. The summed E-state index contributed by atoms with van der Waals surface area (Å²) in [5, 5.41) is 20.8. The first kappa shape index (κ1) is 82.4. The number of hydrogen-bond acceptors (Lipinski definition) is 15. The first-order valence-corrected chi connectivity index (χ1v) is 39.2. The molecule has 0 aliphatic carbocycles. The number of ketones is 1. The van der Waals surface area contributed by atoms with Gasteiger partial charge < -0.3 is 55.9 Å². The third-order valence-electron chi connectivity index (χ3n) is 13.6. The van der Waals surface area contributed by atoms with Crippen molar-refractivity contribution in [1.82, 2.24) is 39.8 Å². The summed E-state index contributed by atoms with van der Waals surface area (Å²) in [7, 11) is -1.06. The summed E-state index contributed by atoms with van der Waals surface area (Å²) in [6, 6.07) is 57.6. The Morgan fingerprint density at radius 3 is 1.09 bits per heavy atom. The molecule has 0 amide bonds. The van der Waals surface area contributed by atoms with Crippen molar-refractivity contribution >= 4 is 66.0 Å². The number of carbonyl (C=O) groups is 1. The number of rotatable bonds is 15. The number of carbonyl (C=O) groups excluding carboxylic acids is 1. The van der Waals surface area contributed by atoms with Crippen LogP contribution >= 0.6 is 0 Å². The Labute approximate surface area is 613 Å². The SMILES string of the molecule is C.CC.CC.CC.CC.CO[Si](C)(C)C.[2H]n1cnc2ccc(C(=O)c3ccccc3)cc2c1=O.[2H]n1cnc2ccc(C(O)c3ccccc3)cc2c1=O.[2H]n1cnc2ccc(C(OCO)c3ccccc3)cc2c1=O.[2H]n1cnc2ccc(C(OCO[Si](C)(C)C)c3ccccc3)cc2c1=O.[CH3-].[V]. The Bertz CT molecular complexity index is 4810. The number of aliphatic hydroxyl groups excluding tert-OH is 2. The van der Waals surface area contributed by atoms with Gasteiger partial charge in [0.15, 0.2) is 28.1 Å². The van der Waals surface area contributed by atoms with Gasteiger partial charge in [0.05, 0.1) is 68.9 Å². The summed E-state index contributed by atoms with van der Waals surface area (Å²) < 4.78 is 52.3. The van der Waals surface area contributed by atoms with Gasteiger partial charge in [-0.1, -0.05) is 202 Å². The molecule has 0 fully saturated rings. The predicted molar refractivity (Wildman–Crippen MR) is 414 cm³/mol. The Balaban J connectivity index is 0.000000657. The van der Waals surface area contributed by atoms with Gasteiger partial charge in [0.25, 0.3) is 22.2 Å². The van der Waals surface area contributed by atoms with Crippen molar-refractivity contribution in [2.24, 2.45) is 0 Å². The number of aromatic nitrogens is 8. The normalized spacial score (nSPS) is 11.7. The number of ether oxygens (including phenoxy) is 2. The van der Waals surface area contributed by atoms with Gasteiger partial charge in [-0.25, -0.2) is 19.9 Å². The number of aromatic amines is 4. The Morgan fingerprint density at radius 1 is 0.436 bits per heavy atom. The number of benzene rings is 8. The summed E-state index contributed by atoms with van der Waals surface area (Å²) in [6.07, 6.45) is 3.02. The quantitative estimate of drug-likeness (QED) is 0.0241. The molecule has 0 spiro atoms. The molecule has 0 saturated heterocycles. The molecule has 19 nitrogen and oxygen atoms in total. The molecule has 12 rings (SSSR count). The first-order valence-electron chi connectivity index (χ1n) is 34.2. The number of nitrogens with zero attached hydrogens (tertiary/aromatic N) is 4. The monoisotopic (exact) mass is 1450 g/mol. The number of fused-ring (bicyclic) bond motifs is 4. The van der Waals surface area contributed by atoms with Gasteiger partial charge in [-0.3, -0.25) is 24.0 Å². The molecule has 4 aromatic heterocycles. The molecule has 0 saturated carbocycles. The van der Waals surface area contributed by atoms with Crippen LogP contribution in [0.3, 0.4) is 0 Å². The number of hydrogen-bond donors (Lipinski definition) is 6. The standard InChI is InChI=1S/C19H22N2O3Si.C16H14N2O3.C15H12N2O2.C15H10N2O2.C4H12OSi.4C2H6.CH4.CH3.V/c1-25(2,3)24-13-23-18(14-7-5-4-6-8-14)15-9-10-17-16(11-15)19(22)21-12-20-17;19-10-21-15(11-4-2-1-3-5-11)12-6-7-14-13(8-12)16(20)18-9-17-14;2*18-14(10-4-2-1-3-5-10)11-6-7-13-12(8-11)15(19)17-9-16-13;1-5-6(2,3)4;4*1-2;;;/h4-12,18H,13H2,1-3H3,(H,20,21,22);1-9,15,19H,10H2,(H,17,18,20);1-9,14,18H,(H,16,17,19);1-9H,(H,16,17,19);1-4H3;4*1-2H3;1H4;1H3;/q;;;;;;;;;;-1;/i/hD4. The fourth-order valence-corrected chi connectivity index (χ4v) is 9.21. The van der Waals surface area contributed by atoms with Crippen molar-refractivity contribution in [2.75, 3.05) is 20.7 Å². The molecule has 12 aromatic rings. The summed E-state index contributed by atoms with van der Waals surface area (Å²) in [5.41, 5.74) is 6.01. The molecule has 0 aliphatic rings. The van der Waals surface area contributed by atoms with Gasteiger partial charge in [-0.2, -0.15) is 0 Å². The van der Waals surface area contributed by atoms with Crippen molar-refractivity contribution in [3.05, 3.63) is 313 Å². The van der Waals surface area contributed by atoms with E-state index in [1.54, 1.807) is 92.0 Å². The first-order chi connectivity index (χ1) is 48.9. The van der Waals surface area contributed by atoms with E-state index in [9.17, 15) is 29.1 Å². The van der Waals surface area contributed by atoms with Gasteiger partial charge in [0.2, 0.25) is 0 Å². The molecular formula is C79H101N8O11Si2V-. The Kier molecular flexibility index (Phi) is 38.4. The fourth-order valence-electron chi connectivity index (χ4n) is 8.79. The summed E-state index contributed by atoms with van der Waals surface area (Å²) in [6.45, 7) is 28.5. The van der Waals surface area contributed by atoms with E-state index in [1.165, 1.54) is 18.7 Å². The van der Waals surface area contributed by atoms with Gasteiger partial charge in [-0.15, -0.1) is 0 Å². The van der Waals surface area contributed by atoms with Crippen molar-refractivity contribution < 1.29 is 57.5 Å². The van der Waals surface area contributed by atoms with E-state index in [4.69, 9.17) is 29.1 Å². The van der Waals surface area contributed by atoms with Gasteiger partial charge >= 0.3 is 0 Å². The second-order valence-electron chi connectivity index (χ2n) is 22.0. The zero-order valence-corrected chi connectivity index (χ0v) is 63.4. The van der Waals surface area contributed by atoms with Crippen LogP contribution in [0, 0.1) is 7.43 Å². The third-order valence-corrected chi connectivity index (χ3v) is 15.8. The molecule has 8 aromatic carbocycles.